The Balaban J connectivity index is 1.24. The SMILES string of the molecule is O=C(COc1ccc(F)c(Cl)c1)NC12CCC(c3nnc(-c4ccc(Cl)c(F)c4)o3)(CC1)[C@@H](O)C2. The van der Waals surface area contributed by atoms with E-state index in [1.165, 1.54) is 30.3 Å². The van der Waals surface area contributed by atoms with Gasteiger partial charge in [-0.3, -0.25) is 4.79 Å². The van der Waals surface area contributed by atoms with Crippen LogP contribution in [0, 0.1) is 11.6 Å². The third-order valence-corrected chi connectivity index (χ3v) is 7.60. The lowest BCUT2D eigenvalue weighted by atomic mass is 9.55. The highest BCUT2D eigenvalue weighted by atomic mass is 35.5. The number of hydrogen-bond donors (Lipinski definition) is 2. The molecule has 1 heterocycles. The Morgan fingerprint density at radius 3 is 2.54 bits per heavy atom. The summed E-state index contributed by atoms with van der Waals surface area (Å²) in [7, 11) is 0. The van der Waals surface area contributed by atoms with Crippen LogP contribution < -0.4 is 10.1 Å². The molecule has 2 aromatic carbocycles. The predicted molar refractivity (Wildman–Crippen MR) is 123 cm³/mol. The number of amides is 1. The first-order valence-corrected chi connectivity index (χ1v) is 11.8. The molecular weight excluding hydrogens is 503 g/mol. The molecule has 0 aliphatic heterocycles. The topological polar surface area (TPSA) is 97.5 Å². The Morgan fingerprint density at radius 2 is 1.86 bits per heavy atom. The number of nitrogens with one attached hydrogen (secondary N) is 1. The van der Waals surface area contributed by atoms with Crippen molar-refractivity contribution < 1.29 is 27.8 Å². The normalized spacial score (nSPS) is 25.5. The van der Waals surface area contributed by atoms with Crippen LogP contribution in [0.15, 0.2) is 40.8 Å². The number of rotatable bonds is 6. The molecule has 3 fully saturated rings. The summed E-state index contributed by atoms with van der Waals surface area (Å²) in [4.78, 5) is 12.6. The molecule has 0 saturated heterocycles. The van der Waals surface area contributed by atoms with E-state index in [9.17, 15) is 18.7 Å². The number of fused-ring (bicyclic) bond motifs is 3. The molecule has 11 heteroatoms. The lowest BCUT2D eigenvalue weighted by Gasteiger charge is -2.54. The first-order chi connectivity index (χ1) is 16.7. The number of benzene rings is 2. The predicted octanol–water partition coefficient (Wildman–Crippen LogP) is 4.83. The number of aromatic nitrogens is 2. The minimum atomic E-state index is -0.822. The van der Waals surface area contributed by atoms with Gasteiger partial charge in [0.25, 0.3) is 5.91 Å². The molecule has 184 valence electrons. The molecule has 3 aliphatic rings. The molecule has 0 unspecified atom stereocenters. The average molecular weight is 524 g/mol. The van der Waals surface area contributed by atoms with E-state index in [1.807, 2.05) is 0 Å². The van der Waals surface area contributed by atoms with Gasteiger partial charge in [0.15, 0.2) is 6.61 Å². The molecule has 1 atom stereocenters. The molecule has 7 nitrogen and oxygen atoms in total. The van der Waals surface area contributed by atoms with Gasteiger partial charge in [-0.25, -0.2) is 8.78 Å². The van der Waals surface area contributed by atoms with Crippen molar-refractivity contribution in [2.75, 3.05) is 6.61 Å². The Hall–Kier alpha value is -2.75. The van der Waals surface area contributed by atoms with Crippen molar-refractivity contribution in [2.24, 2.45) is 0 Å². The summed E-state index contributed by atoms with van der Waals surface area (Å²) in [5.41, 5.74) is -0.916. The molecule has 3 aliphatic carbocycles. The van der Waals surface area contributed by atoms with Gasteiger partial charge in [-0.15, -0.1) is 10.2 Å². The summed E-state index contributed by atoms with van der Waals surface area (Å²) < 4.78 is 38.4. The zero-order valence-corrected chi connectivity index (χ0v) is 19.9. The van der Waals surface area contributed by atoms with E-state index in [1.54, 1.807) is 6.07 Å². The van der Waals surface area contributed by atoms with Crippen molar-refractivity contribution >= 4 is 29.1 Å². The number of nitrogens with zero attached hydrogens (tertiary/aromatic N) is 2. The zero-order chi connectivity index (χ0) is 24.8. The number of aliphatic hydroxyl groups is 1. The second-order valence-corrected chi connectivity index (χ2v) is 9.92. The van der Waals surface area contributed by atoms with E-state index in [-0.39, 0.29) is 34.2 Å². The smallest absolute Gasteiger partial charge is 0.258 e. The fourth-order valence-corrected chi connectivity index (χ4v) is 5.32. The van der Waals surface area contributed by atoms with Crippen molar-refractivity contribution in [1.82, 2.24) is 15.5 Å². The second kappa shape index (κ2) is 9.04. The third kappa shape index (κ3) is 4.48. The summed E-state index contributed by atoms with van der Waals surface area (Å²) >= 11 is 11.5. The highest BCUT2D eigenvalue weighted by molar-refractivity contribution is 6.31. The van der Waals surface area contributed by atoms with Crippen LogP contribution in [0.25, 0.3) is 11.5 Å². The van der Waals surface area contributed by atoms with Gasteiger partial charge in [0.05, 0.1) is 21.6 Å². The summed E-state index contributed by atoms with van der Waals surface area (Å²) in [6.45, 7) is -0.268. The van der Waals surface area contributed by atoms with Crippen LogP contribution in [0.5, 0.6) is 5.75 Å². The fraction of sp³-hybridized carbons (Fsp3) is 0.375. The molecule has 0 spiro atoms. The van der Waals surface area contributed by atoms with E-state index in [2.05, 4.69) is 15.5 Å². The lowest BCUT2D eigenvalue weighted by Crippen LogP contribution is -2.64. The Labute approximate surface area is 209 Å². The van der Waals surface area contributed by atoms with E-state index < -0.39 is 28.7 Å². The molecule has 35 heavy (non-hydrogen) atoms. The van der Waals surface area contributed by atoms with Crippen LogP contribution in [0.2, 0.25) is 10.0 Å². The molecule has 3 saturated carbocycles. The summed E-state index contributed by atoms with van der Waals surface area (Å²) in [5, 5.41) is 22.2. The van der Waals surface area contributed by atoms with Gasteiger partial charge < -0.3 is 19.6 Å². The number of aliphatic hydroxyl groups excluding tert-OH is 1. The number of carbonyl (C=O) groups excluding carboxylic acids is 1. The van der Waals surface area contributed by atoms with Gasteiger partial charge >= 0.3 is 0 Å². The van der Waals surface area contributed by atoms with Gasteiger partial charge in [0, 0.05) is 17.2 Å². The number of carbonyl (C=O) groups is 1. The van der Waals surface area contributed by atoms with Crippen LogP contribution in [-0.4, -0.2) is 39.5 Å². The minimum Gasteiger partial charge on any atom is -0.484 e. The van der Waals surface area contributed by atoms with Crippen LogP contribution in [0.1, 0.15) is 38.0 Å². The summed E-state index contributed by atoms with van der Waals surface area (Å²) in [5.74, 6) is -0.792. The maximum atomic E-state index is 13.8. The fourth-order valence-electron chi connectivity index (χ4n) is 5.03. The number of hydrogen-bond acceptors (Lipinski definition) is 6. The first-order valence-electron chi connectivity index (χ1n) is 11.1. The van der Waals surface area contributed by atoms with Gasteiger partial charge in [-0.2, -0.15) is 0 Å². The van der Waals surface area contributed by atoms with E-state index >= 15 is 0 Å². The van der Waals surface area contributed by atoms with Gasteiger partial charge in [0.2, 0.25) is 11.8 Å². The van der Waals surface area contributed by atoms with E-state index in [4.69, 9.17) is 32.4 Å². The maximum Gasteiger partial charge on any atom is 0.258 e. The molecular formula is C24H21Cl2F2N3O4. The Morgan fingerprint density at radius 1 is 1.09 bits per heavy atom. The van der Waals surface area contributed by atoms with Crippen molar-refractivity contribution in [3.63, 3.8) is 0 Å². The van der Waals surface area contributed by atoms with Crippen molar-refractivity contribution in [3.05, 3.63) is 64.0 Å². The second-order valence-electron chi connectivity index (χ2n) is 9.11. The quantitative estimate of drug-likeness (QED) is 0.480. The van der Waals surface area contributed by atoms with Crippen LogP contribution in [0.3, 0.4) is 0 Å². The molecule has 2 N–H and O–H groups in total. The van der Waals surface area contributed by atoms with Crippen molar-refractivity contribution in [3.8, 4) is 17.2 Å². The van der Waals surface area contributed by atoms with Crippen LogP contribution >= 0.6 is 23.2 Å². The molecule has 1 amide bonds. The highest BCUT2D eigenvalue weighted by Gasteiger charge is 2.58. The van der Waals surface area contributed by atoms with E-state index in [0.717, 1.165) is 0 Å². The summed E-state index contributed by atoms with van der Waals surface area (Å²) in [6.07, 6.45) is 1.75. The standard InChI is InChI=1S/C24H21Cl2F2N3O4/c25-15-3-1-13(9-18(15)28)21-30-31-22(35-21)24-7-5-23(6-8-24,11-19(24)32)29-20(33)12-34-14-2-4-17(27)16(26)10-14/h1-4,9-10,19,32H,5-8,11-12H2,(H,29,33)/t19-,23?,24?/m0/s1. The minimum absolute atomic E-state index is 0.00711. The van der Waals surface area contributed by atoms with Crippen molar-refractivity contribution in [1.29, 1.82) is 0 Å². The first kappa shape index (κ1) is 24.0. The molecule has 6 rings (SSSR count). The maximum absolute atomic E-state index is 13.8. The number of ether oxygens (including phenoxy) is 1. The van der Waals surface area contributed by atoms with E-state index in [0.29, 0.717) is 43.6 Å². The largest absolute Gasteiger partial charge is 0.484 e. The van der Waals surface area contributed by atoms with Gasteiger partial charge in [-0.05, 0) is 62.4 Å². The highest BCUT2D eigenvalue weighted by Crippen LogP contribution is 2.53. The number of halogens is 4. The molecule has 1 aromatic heterocycles. The lowest BCUT2D eigenvalue weighted by molar-refractivity contribution is -0.129. The summed E-state index contributed by atoms with van der Waals surface area (Å²) in [6, 6.07) is 8.08. The van der Waals surface area contributed by atoms with Crippen LogP contribution in [0.4, 0.5) is 8.78 Å². The Bertz CT molecular complexity index is 1280. The average Bonchev–Trinajstić information content (AvgIpc) is 3.33. The van der Waals surface area contributed by atoms with Crippen LogP contribution in [-0.2, 0) is 10.2 Å². The third-order valence-electron chi connectivity index (χ3n) is 7.00. The van der Waals surface area contributed by atoms with Gasteiger partial charge in [0.1, 0.15) is 17.4 Å². The van der Waals surface area contributed by atoms with Crippen molar-refractivity contribution in [2.45, 2.75) is 49.2 Å². The zero-order valence-electron chi connectivity index (χ0n) is 18.4. The van der Waals surface area contributed by atoms with Gasteiger partial charge in [-0.1, -0.05) is 23.2 Å². The molecule has 0 radical (unpaired) electrons. The molecule has 3 aromatic rings. The monoisotopic (exact) mass is 523 g/mol. The Kier molecular flexibility index (Phi) is 6.19. The molecule has 2 bridgehead atoms.